The third kappa shape index (κ3) is 4.27. The van der Waals surface area contributed by atoms with Crippen LogP contribution < -0.4 is 5.32 Å². The van der Waals surface area contributed by atoms with E-state index in [0.717, 1.165) is 4.47 Å². The van der Waals surface area contributed by atoms with Crippen LogP contribution in [0.4, 0.5) is 4.39 Å². The average molecular weight is 358 g/mol. The second-order valence-electron chi connectivity index (χ2n) is 5.75. The van der Waals surface area contributed by atoms with Crippen molar-refractivity contribution in [3.63, 3.8) is 0 Å². The Labute approximate surface area is 135 Å². The fourth-order valence-corrected chi connectivity index (χ4v) is 3.79. The fourth-order valence-electron chi connectivity index (χ4n) is 3.41. The van der Waals surface area contributed by atoms with Crippen LogP contribution in [0.25, 0.3) is 0 Å². The van der Waals surface area contributed by atoms with Gasteiger partial charge in [0.1, 0.15) is 5.82 Å². The number of ether oxygens (including phenoxy) is 1. The van der Waals surface area contributed by atoms with Gasteiger partial charge in [0, 0.05) is 16.6 Å². The molecule has 1 aromatic carbocycles. The van der Waals surface area contributed by atoms with Gasteiger partial charge in [-0.1, -0.05) is 35.2 Å². The average Bonchev–Trinajstić information content (AvgIpc) is 2.51. The molecule has 0 bridgehead atoms. The van der Waals surface area contributed by atoms with E-state index in [1.165, 1.54) is 38.2 Å². The zero-order chi connectivity index (χ0) is 15.2. The summed E-state index contributed by atoms with van der Waals surface area (Å²) in [6.07, 6.45) is 6.21. The molecule has 1 aromatic rings. The van der Waals surface area contributed by atoms with Gasteiger partial charge in [-0.25, -0.2) is 4.39 Å². The number of halogens is 2. The summed E-state index contributed by atoms with van der Waals surface area (Å²) in [6.45, 7) is 2.68. The largest absolute Gasteiger partial charge is 0.376 e. The molecule has 2 atom stereocenters. The summed E-state index contributed by atoms with van der Waals surface area (Å²) in [6, 6.07) is 5.02. The maximum absolute atomic E-state index is 14.3. The van der Waals surface area contributed by atoms with Gasteiger partial charge in [-0.2, -0.15) is 0 Å². The Balaban J connectivity index is 2.27. The highest BCUT2D eigenvalue weighted by molar-refractivity contribution is 9.10. The lowest BCUT2D eigenvalue weighted by Gasteiger charge is -2.36. The molecular weight excluding hydrogens is 333 g/mol. The predicted molar refractivity (Wildman–Crippen MR) is 87.9 cm³/mol. The normalized spacial score (nSPS) is 19.4. The number of likely N-dealkylation sites (N-methyl/N-ethyl adjacent to an activating group) is 1. The van der Waals surface area contributed by atoms with E-state index in [2.05, 4.69) is 21.2 Å². The third-order valence-electron chi connectivity index (χ3n) is 4.41. The van der Waals surface area contributed by atoms with Crippen LogP contribution in [0.3, 0.4) is 0 Å². The van der Waals surface area contributed by atoms with Crippen molar-refractivity contribution in [2.24, 2.45) is 5.92 Å². The summed E-state index contributed by atoms with van der Waals surface area (Å²) in [5.74, 6) is 0.340. The van der Waals surface area contributed by atoms with E-state index in [9.17, 15) is 4.39 Å². The minimum absolute atomic E-state index is 0.0316. The summed E-state index contributed by atoms with van der Waals surface area (Å²) in [7, 11) is 1.89. The summed E-state index contributed by atoms with van der Waals surface area (Å²) in [5.41, 5.74) is 0.691. The van der Waals surface area contributed by atoms with Crippen molar-refractivity contribution >= 4 is 15.9 Å². The molecule has 4 heteroatoms. The number of hydrogen-bond acceptors (Lipinski definition) is 2. The molecule has 0 amide bonds. The number of rotatable bonds is 6. The molecule has 0 aliphatic heterocycles. The molecule has 0 heterocycles. The second-order valence-corrected chi connectivity index (χ2v) is 6.67. The summed E-state index contributed by atoms with van der Waals surface area (Å²) < 4.78 is 21.2. The molecule has 2 nitrogen and oxygen atoms in total. The molecule has 1 aliphatic carbocycles. The van der Waals surface area contributed by atoms with Crippen LogP contribution in [0.2, 0.25) is 0 Å². The van der Waals surface area contributed by atoms with Crippen LogP contribution in [0, 0.1) is 11.7 Å². The van der Waals surface area contributed by atoms with Crippen molar-refractivity contribution in [2.45, 2.75) is 51.2 Å². The second kappa shape index (κ2) is 8.25. The number of nitrogens with one attached hydrogen (secondary N) is 1. The lowest BCUT2D eigenvalue weighted by Crippen LogP contribution is -2.39. The smallest absolute Gasteiger partial charge is 0.128 e. The van der Waals surface area contributed by atoms with E-state index in [4.69, 9.17) is 4.74 Å². The SMILES string of the molecule is CCOC(C1CCCCC1)C(NC)c1cc(Br)ccc1F. The molecule has 1 aliphatic rings. The Bertz CT molecular complexity index is 448. The summed E-state index contributed by atoms with van der Waals surface area (Å²) in [4.78, 5) is 0. The lowest BCUT2D eigenvalue weighted by atomic mass is 9.81. The first-order chi connectivity index (χ1) is 10.2. The Hall–Kier alpha value is -0.450. The van der Waals surface area contributed by atoms with Gasteiger partial charge in [-0.15, -0.1) is 0 Å². The molecule has 0 saturated heterocycles. The van der Waals surface area contributed by atoms with E-state index >= 15 is 0 Å². The maximum atomic E-state index is 14.3. The first-order valence-electron chi connectivity index (χ1n) is 7.91. The van der Waals surface area contributed by atoms with Crippen molar-refractivity contribution in [3.05, 3.63) is 34.1 Å². The zero-order valence-corrected chi connectivity index (χ0v) is 14.5. The third-order valence-corrected chi connectivity index (χ3v) is 4.90. The van der Waals surface area contributed by atoms with E-state index < -0.39 is 0 Å². The fraction of sp³-hybridized carbons (Fsp3) is 0.647. The Morgan fingerprint density at radius 2 is 2.05 bits per heavy atom. The van der Waals surface area contributed by atoms with Gasteiger partial charge < -0.3 is 10.1 Å². The molecule has 0 spiro atoms. The highest BCUT2D eigenvalue weighted by Crippen LogP contribution is 2.35. The molecule has 1 fully saturated rings. The van der Waals surface area contributed by atoms with Crippen LogP contribution in [-0.4, -0.2) is 19.8 Å². The molecule has 1 N–H and O–H groups in total. The first kappa shape index (κ1) is 16.9. The standard InChI is InChI=1S/C17H25BrFNO/c1-3-21-17(12-7-5-4-6-8-12)16(20-2)14-11-13(18)9-10-15(14)19/h9-12,16-17,20H,3-8H2,1-2H3. The van der Waals surface area contributed by atoms with Crippen molar-refractivity contribution < 1.29 is 9.13 Å². The molecule has 2 unspecified atom stereocenters. The van der Waals surface area contributed by atoms with Crippen LogP contribution in [0.15, 0.2) is 22.7 Å². The molecule has 1 saturated carbocycles. The van der Waals surface area contributed by atoms with Crippen LogP contribution in [0.1, 0.15) is 50.6 Å². The van der Waals surface area contributed by atoms with Crippen molar-refractivity contribution in [2.75, 3.05) is 13.7 Å². The van der Waals surface area contributed by atoms with Gasteiger partial charge in [0.05, 0.1) is 12.1 Å². The van der Waals surface area contributed by atoms with Gasteiger partial charge in [0.25, 0.3) is 0 Å². The number of hydrogen-bond donors (Lipinski definition) is 1. The summed E-state index contributed by atoms with van der Waals surface area (Å²) >= 11 is 3.44. The molecule has 118 valence electrons. The minimum Gasteiger partial charge on any atom is -0.376 e. The van der Waals surface area contributed by atoms with Crippen LogP contribution in [0.5, 0.6) is 0 Å². The zero-order valence-electron chi connectivity index (χ0n) is 12.9. The minimum atomic E-state index is -0.168. The molecule has 2 rings (SSSR count). The van der Waals surface area contributed by atoms with Gasteiger partial charge >= 0.3 is 0 Å². The van der Waals surface area contributed by atoms with E-state index in [1.807, 2.05) is 20.0 Å². The van der Waals surface area contributed by atoms with Crippen molar-refractivity contribution in [1.82, 2.24) is 5.32 Å². The molecule has 0 radical (unpaired) electrons. The van der Waals surface area contributed by atoms with Gasteiger partial charge in [-0.05, 0) is 50.9 Å². The monoisotopic (exact) mass is 357 g/mol. The Morgan fingerprint density at radius 3 is 2.67 bits per heavy atom. The topological polar surface area (TPSA) is 21.3 Å². The van der Waals surface area contributed by atoms with Crippen LogP contribution in [-0.2, 0) is 4.74 Å². The van der Waals surface area contributed by atoms with E-state index in [-0.39, 0.29) is 18.0 Å². The molecular formula is C17H25BrFNO. The number of benzene rings is 1. The van der Waals surface area contributed by atoms with E-state index in [1.54, 1.807) is 6.07 Å². The Morgan fingerprint density at radius 1 is 1.33 bits per heavy atom. The van der Waals surface area contributed by atoms with Gasteiger partial charge in [0.15, 0.2) is 0 Å². The molecule has 21 heavy (non-hydrogen) atoms. The highest BCUT2D eigenvalue weighted by atomic mass is 79.9. The lowest BCUT2D eigenvalue weighted by molar-refractivity contribution is -0.0174. The van der Waals surface area contributed by atoms with E-state index in [0.29, 0.717) is 18.1 Å². The van der Waals surface area contributed by atoms with Crippen molar-refractivity contribution in [1.29, 1.82) is 0 Å². The highest BCUT2D eigenvalue weighted by Gasteiger charge is 2.32. The first-order valence-corrected chi connectivity index (χ1v) is 8.70. The van der Waals surface area contributed by atoms with Gasteiger partial charge in [-0.3, -0.25) is 0 Å². The predicted octanol–water partition coefficient (Wildman–Crippen LogP) is 4.83. The summed E-state index contributed by atoms with van der Waals surface area (Å²) in [5, 5.41) is 3.28. The Kier molecular flexibility index (Phi) is 6.65. The van der Waals surface area contributed by atoms with Crippen molar-refractivity contribution in [3.8, 4) is 0 Å². The van der Waals surface area contributed by atoms with Crippen LogP contribution >= 0.6 is 15.9 Å². The van der Waals surface area contributed by atoms with Gasteiger partial charge in [0.2, 0.25) is 0 Å². The quantitative estimate of drug-likeness (QED) is 0.786. The molecule has 0 aromatic heterocycles. The maximum Gasteiger partial charge on any atom is 0.128 e.